The van der Waals surface area contributed by atoms with E-state index in [0.29, 0.717) is 24.2 Å². The highest BCUT2D eigenvalue weighted by Gasteiger charge is 2.11. The van der Waals surface area contributed by atoms with E-state index in [9.17, 15) is 9.59 Å². The molecule has 2 N–H and O–H groups in total. The molecule has 0 unspecified atom stereocenters. The highest BCUT2D eigenvalue weighted by atomic mass is 16.2. The molecule has 5 heteroatoms. The van der Waals surface area contributed by atoms with Crippen LogP contribution in [0, 0.1) is 6.92 Å². The van der Waals surface area contributed by atoms with Crippen LogP contribution in [-0.2, 0) is 13.0 Å². The number of carbonyl (C=O) groups is 2. The number of carbonyl (C=O) groups excluding carboxylic acids is 2. The highest BCUT2D eigenvalue weighted by Crippen LogP contribution is 2.06. The SMILES string of the molecule is Cc1ccc(CNC(=O)c2cncc(C(=O)NCCCc3ccccc3)c2)cc1. The van der Waals surface area contributed by atoms with Crippen LogP contribution in [0.25, 0.3) is 0 Å². The molecule has 1 heterocycles. The topological polar surface area (TPSA) is 71.1 Å². The van der Waals surface area contributed by atoms with E-state index in [-0.39, 0.29) is 11.8 Å². The summed E-state index contributed by atoms with van der Waals surface area (Å²) in [6.45, 7) is 3.01. The summed E-state index contributed by atoms with van der Waals surface area (Å²) < 4.78 is 0. The van der Waals surface area contributed by atoms with Crippen molar-refractivity contribution in [1.29, 1.82) is 0 Å². The first-order chi connectivity index (χ1) is 14.1. The normalized spacial score (nSPS) is 10.4. The quantitative estimate of drug-likeness (QED) is 0.579. The zero-order valence-electron chi connectivity index (χ0n) is 16.5. The summed E-state index contributed by atoms with van der Waals surface area (Å²) in [5, 5.41) is 5.75. The third kappa shape index (κ3) is 6.28. The van der Waals surface area contributed by atoms with Crippen molar-refractivity contribution in [3.05, 3.63) is 101 Å². The van der Waals surface area contributed by atoms with E-state index in [1.165, 1.54) is 23.5 Å². The number of hydrogen-bond acceptors (Lipinski definition) is 3. The van der Waals surface area contributed by atoms with Gasteiger partial charge in [0.05, 0.1) is 11.1 Å². The molecule has 0 aliphatic heterocycles. The van der Waals surface area contributed by atoms with Gasteiger partial charge in [-0.05, 0) is 37.0 Å². The minimum atomic E-state index is -0.253. The smallest absolute Gasteiger partial charge is 0.253 e. The van der Waals surface area contributed by atoms with E-state index in [0.717, 1.165) is 18.4 Å². The number of rotatable bonds is 8. The van der Waals surface area contributed by atoms with Crippen molar-refractivity contribution in [3.8, 4) is 0 Å². The van der Waals surface area contributed by atoms with Crippen LogP contribution in [0.15, 0.2) is 73.1 Å². The number of aryl methyl sites for hydroxylation is 2. The van der Waals surface area contributed by atoms with Crippen molar-refractivity contribution >= 4 is 11.8 Å². The van der Waals surface area contributed by atoms with E-state index in [2.05, 4.69) is 27.8 Å². The second-order valence-corrected chi connectivity index (χ2v) is 6.98. The highest BCUT2D eigenvalue weighted by molar-refractivity contribution is 5.99. The first-order valence-electron chi connectivity index (χ1n) is 9.73. The largest absolute Gasteiger partial charge is 0.352 e. The average Bonchev–Trinajstić information content (AvgIpc) is 2.77. The van der Waals surface area contributed by atoms with Gasteiger partial charge in [0.25, 0.3) is 11.8 Å². The van der Waals surface area contributed by atoms with Crippen LogP contribution in [0.2, 0.25) is 0 Å². The monoisotopic (exact) mass is 387 g/mol. The molecular weight excluding hydrogens is 362 g/mol. The average molecular weight is 387 g/mol. The number of benzene rings is 2. The molecule has 5 nitrogen and oxygen atoms in total. The maximum absolute atomic E-state index is 12.4. The van der Waals surface area contributed by atoms with Gasteiger partial charge in [-0.25, -0.2) is 0 Å². The van der Waals surface area contributed by atoms with Gasteiger partial charge in [0.15, 0.2) is 0 Å². The van der Waals surface area contributed by atoms with E-state index >= 15 is 0 Å². The fourth-order valence-corrected chi connectivity index (χ4v) is 2.92. The van der Waals surface area contributed by atoms with Gasteiger partial charge in [0, 0.05) is 25.5 Å². The number of nitrogens with one attached hydrogen (secondary N) is 2. The second-order valence-electron chi connectivity index (χ2n) is 6.98. The third-order valence-corrected chi connectivity index (χ3v) is 4.61. The summed E-state index contributed by atoms with van der Waals surface area (Å²) in [5.41, 5.74) is 4.19. The van der Waals surface area contributed by atoms with Crippen LogP contribution in [0.3, 0.4) is 0 Å². The van der Waals surface area contributed by atoms with Gasteiger partial charge in [0.2, 0.25) is 0 Å². The summed E-state index contributed by atoms with van der Waals surface area (Å²) in [4.78, 5) is 28.8. The van der Waals surface area contributed by atoms with Gasteiger partial charge in [-0.15, -0.1) is 0 Å². The molecular formula is C24H25N3O2. The molecule has 29 heavy (non-hydrogen) atoms. The molecule has 0 aliphatic rings. The van der Waals surface area contributed by atoms with Gasteiger partial charge in [0.1, 0.15) is 0 Å². The number of hydrogen-bond donors (Lipinski definition) is 2. The second kappa shape index (κ2) is 10.2. The van der Waals surface area contributed by atoms with Gasteiger partial charge in [-0.3, -0.25) is 14.6 Å². The third-order valence-electron chi connectivity index (χ3n) is 4.61. The number of pyridine rings is 1. The van der Waals surface area contributed by atoms with E-state index in [1.54, 1.807) is 6.07 Å². The summed E-state index contributed by atoms with van der Waals surface area (Å²) in [5.74, 6) is -0.476. The molecule has 0 saturated carbocycles. The van der Waals surface area contributed by atoms with Crippen molar-refractivity contribution in [2.45, 2.75) is 26.3 Å². The molecule has 1 aromatic heterocycles. The van der Waals surface area contributed by atoms with Crippen LogP contribution < -0.4 is 10.6 Å². The Labute approximate surface area is 171 Å². The van der Waals surface area contributed by atoms with E-state index < -0.39 is 0 Å². The number of aromatic nitrogens is 1. The van der Waals surface area contributed by atoms with Crippen LogP contribution in [-0.4, -0.2) is 23.3 Å². The number of amides is 2. The Morgan fingerprint density at radius 3 is 2.17 bits per heavy atom. The maximum atomic E-state index is 12.4. The molecule has 0 fully saturated rings. The molecule has 2 amide bonds. The molecule has 0 atom stereocenters. The Bertz CT molecular complexity index is 953. The Balaban J connectivity index is 1.49. The first kappa shape index (κ1) is 20.3. The lowest BCUT2D eigenvalue weighted by Crippen LogP contribution is -2.26. The predicted molar refractivity (Wildman–Crippen MR) is 114 cm³/mol. The molecule has 2 aromatic carbocycles. The first-order valence-corrected chi connectivity index (χ1v) is 9.73. The van der Waals surface area contributed by atoms with Gasteiger partial charge in [-0.2, -0.15) is 0 Å². The predicted octanol–water partition coefficient (Wildman–Crippen LogP) is 3.68. The molecule has 0 saturated heterocycles. The zero-order chi connectivity index (χ0) is 20.5. The van der Waals surface area contributed by atoms with Crippen LogP contribution in [0.4, 0.5) is 0 Å². The Kier molecular flexibility index (Phi) is 7.11. The summed E-state index contributed by atoms with van der Waals surface area (Å²) in [6.07, 6.45) is 4.70. The fourth-order valence-electron chi connectivity index (χ4n) is 2.92. The van der Waals surface area contributed by atoms with Crippen molar-refractivity contribution in [2.24, 2.45) is 0 Å². The molecule has 0 spiro atoms. The molecule has 3 aromatic rings. The lowest BCUT2D eigenvalue weighted by atomic mass is 10.1. The molecule has 0 aliphatic carbocycles. The number of nitrogens with zero attached hydrogens (tertiary/aromatic N) is 1. The molecule has 0 bridgehead atoms. The summed E-state index contributed by atoms with van der Waals surface area (Å²) >= 11 is 0. The molecule has 148 valence electrons. The van der Waals surface area contributed by atoms with Gasteiger partial charge >= 0.3 is 0 Å². The zero-order valence-corrected chi connectivity index (χ0v) is 16.5. The standard InChI is InChI=1S/C24H25N3O2/c1-18-9-11-20(12-10-18)15-27-24(29)22-14-21(16-25-17-22)23(28)26-13-5-8-19-6-3-2-4-7-19/h2-4,6-7,9-12,14,16-17H,5,8,13,15H2,1H3,(H,26,28)(H,27,29). The van der Waals surface area contributed by atoms with Gasteiger partial charge in [-0.1, -0.05) is 60.2 Å². The van der Waals surface area contributed by atoms with Crippen molar-refractivity contribution in [2.75, 3.05) is 6.54 Å². The fraction of sp³-hybridized carbons (Fsp3) is 0.208. The minimum Gasteiger partial charge on any atom is -0.352 e. The molecule has 3 rings (SSSR count). The Hall–Kier alpha value is -3.47. The van der Waals surface area contributed by atoms with Crippen LogP contribution in [0.5, 0.6) is 0 Å². The van der Waals surface area contributed by atoms with Crippen LogP contribution >= 0.6 is 0 Å². The van der Waals surface area contributed by atoms with Crippen LogP contribution in [0.1, 0.15) is 43.8 Å². The lowest BCUT2D eigenvalue weighted by molar-refractivity contribution is 0.0950. The van der Waals surface area contributed by atoms with Crippen molar-refractivity contribution in [1.82, 2.24) is 15.6 Å². The summed E-state index contributed by atoms with van der Waals surface area (Å²) in [6, 6.07) is 19.7. The molecule has 0 radical (unpaired) electrons. The van der Waals surface area contributed by atoms with Gasteiger partial charge < -0.3 is 10.6 Å². The Morgan fingerprint density at radius 2 is 1.48 bits per heavy atom. The lowest BCUT2D eigenvalue weighted by Gasteiger charge is -2.08. The van der Waals surface area contributed by atoms with Crippen molar-refractivity contribution < 1.29 is 9.59 Å². The summed E-state index contributed by atoms with van der Waals surface area (Å²) in [7, 11) is 0. The Morgan fingerprint density at radius 1 is 0.828 bits per heavy atom. The van der Waals surface area contributed by atoms with E-state index in [4.69, 9.17) is 0 Å². The van der Waals surface area contributed by atoms with Crippen molar-refractivity contribution in [3.63, 3.8) is 0 Å². The minimum absolute atomic E-state index is 0.223. The van der Waals surface area contributed by atoms with E-state index in [1.807, 2.05) is 49.4 Å². The maximum Gasteiger partial charge on any atom is 0.253 e.